The van der Waals surface area contributed by atoms with E-state index < -0.39 is 47.1 Å². The van der Waals surface area contributed by atoms with Crippen LogP contribution >= 0.6 is 11.3 Å². The van der Waals surface area contributed by atoms with Crippen molar-refractivity contribution >= 4 is 50.3 Å². The Kier molecular flexibility index (Phi) is 7.03. The number of fused-ring (bicyclic) bond motifs is 1. The lowest BCUT2D eigenvalue weighted by Crippen LogP contribution is -2.64. The van der Waals surface area contributed by atoms with Crippen LogP contribution in [-0.4, -0.2) is 69.9 Å². The van der Waals surface area contributed by atoms with Crippen molar-refractivity contribution in [2.75, 3.05) is 30.3 Å². The fraction of sp³-hybridized carbons (Fsp3) is 0.273. The van der Waals surface area contributed by atoms with Gasteiger partial charge in [0.25, 0.3) is 11.5 Å². The van der Waals surface area contributed by atoms with Crippen LogP contribution in [0.5, 0.6) is 0 Å². The average Bonchev–Trinajstić information content (AvgIpc) is 3.18. The molecule has 4 rings (SSSR count). The van der Waals surface area contributed by atoms with E-state index in [2.05, 4.69) is 20.9 Å². The number of aliphatic hydroxyl groups is 1. The fourth-order valence-corrected chi connectivity index (χ4v) is 4.59. The molecule has 0 radical (unpaired) electrons. The van der Waals surface area contributed by atoms with Crippen molar-refractivity contribution in [1.29, 1.82) is 0 Å². The summed E-state index contributed by atoms with van der Waals surface area (Å²) in [5.41, 5.74) is -4.13. The number of aromatic nitrogens is 1. The Morgan fingerprint density at radius 1 is 1.08 bits per heavy atom. The van der Waals surface area contributed by atoms with Crippen LogP contribution in [0, 0.1) is 5.82 Å². The number of rotatable bonds is 7. The van der Waals surface area contributed by atoms with Gasteiger partial charge in [0, 0.05) is 24.3 Å². The Balaban J connectivity index is 1.50. The number of carboxylic acids is 1. The zero-order valence-electron chi connectivity index (χ0n) is 18.7. The maximum atomic E-state index is 14.0. The standard InChI is InChI=1S/C22H19F4N5O5S/c23-12-2-4-13(5-3-12)28-19(35)30-20-29-15-6-1-11(7-16(15)37-20)21(36,22(24,25)26)18(34)27-14-8-31(9-14)10-17(32)33/h1-7,14,36H,8-10H2,(H,27,34)(H,32,33)(H2,28,29,30,35)/t21-/m0/s1. The quantitative estimate of drug-likeness (QED) is 0.290. The molecule has 0 spiro atoms. The predicted octanol–water partition coefficient (Wildman–Crippen LogP) is 2.71. The normalized spacial score (nSPS) is 16.0. The summed E-state index contributed by atoms with van der Waals surface area (Å²) in [6.07, 6.45) is -5.38. The van der Waals surface area contributed by atoms with Gasteiger partial charge in [-0.2, -0.15) is 13.2 Å². The van der Waals surface area contributed by atoms with E-state index >= 15 is 0 Å². The number of anilines is 2. The van der Waals surface area contributed by atoms with Crippen LogP contribution in [0.25, 0.3) is 10.2 Å². The number of halogens is 4. The van der Waals surface area contributed by atoms with Gasteiger partial charge in [0.05, 0.1) is 22.8 Å². The predicted molar refractivity (Wildman–Crippen MR) is 125 cm³/mol. The Bertz CT molecular complexity index is 1340. The maximum Gasteiger partial charge on any atom is 0.430 e. The van der Waals surface area contributed by atoms with Crippen LogP contribution in [0.2, 0.25) is 0 Å². The molecule has 5 N–H and O–H groups in total. The molecule has 1 fully saturated rings. The SMILES string of the molecule is O=C(O)CN1CC(NC(=O)[C@@](O)(c2ccc3nc(NC(=O)Nc4ccc(F)cc4)sc3c2)C(F)(F)F)C1. The van der Waals surface area contributed by atoms with Crippen LogP contribution in [0.1, 0.15) is 5.56 Å². The third-order valence-electron chi connectivity index (χ3n) is 5.52. The molecule has 0 aliphatic carbocycles. The zero-order valence-corrected chi connectivity index (χ0v) is 19.5. The van der Waals surface area contributed by atoms with Gasteiger partial charge in [-0.05, 0) is 36.4 Å². The summed E-state index contributed by atoms with van der Waals surface area (Å²) >= 11 is 0.811. The second-order valence-electron chi connectivity index (χ2n) is 8.25. The number of nitrogens with zero attached hydrogens (tertiary/aromatic N) is 2. The van der Waals surface area contributed by atoms with Crippen molar-refractivity contribution in [3.63, 3.8) is 0 Å². The number of amides is 3. The van der Waals surface area contributed by atoms with Crippen LogP contribution in [0.3, 0.4) is 0 Å². The highest BCUT2D eigenvalue weighted by Crippen LogP contribution is 2.41. The van der Waals surface area contributed by atoms with Gasteiger partial charge in [-0.1, -0.05) is 17.4 Å². The fourth-order valence-electron chi connectivity index (χ4n) is 3.69. The Labute approximate surface area is 209 Å². The van der Waals surface area contributed by atoms with Crippen molar-refractivity contribution in [1.82, 2.24) is 15.2 Å². The second kappa shape index (κ2) is 9.91. The first kappa shape index (κ1) is 26.2. The Morgan fingerprint density at radius 2 is 1.76 bits per heavy atom. The summed E-state index contributed by atoms with van der Waals surface area (Å²) in [6.45, 7) is -0.278. The maximum absolute atomic E-state index is 14.0. The first-order chi connectivity index (χ1) is 17.3. The summed E-state index contributed by atoms with van der Waals surface area (Å²) in [4.78, 5) is 41.0. The van der Waals surface area contributed by atoms with Gasteiger partial charge in [0.1, 0.15) is 5.82 Å². The van der Waals surface area contributed by atoms with Crippen molar-refractivity contribution in [3.05, 3.63) is 53.8 Å². The van der Waals surface area contributed by atoms with Crippen molar-refractivity contribution in [2.24, 2.45) is 0 Å². The largest absolute Gasteiger partial charge is 0.480 e. The molecular formula is C22H19F4N5O5S. The molecule has 196 valence electrons. The number of carbonyl (C=O) groups excluding carboxylic acids is 2. The number of carboxylic acid groups (broad SMARTS) is 1. The third kappa shape index (κ3) is 5.63. The summed E-state index contributed by atoms with van der Waals surface area (Å²) < 4.78 is 55.1. The molecule has 3 amide bonds. The molecule has 1 saturated heterocycles. The van der Waals surface area contributed by atoms with Crippen LogP contribution in [0.4, 0.5) is 33.2 Å². The van der Waals surface area contributed by atoms with Crippen molar-refractivity contribution in [3.8, 4) is 0 Å². The molecule has 2 heterocycles. The number of thiazole rings is 1. The van der Waals surface area contributed by atoms with E-state index in [0.717, 1.165) is 35.6 Å². The first-order valence-electron chi connectivity index (χ1n) is 10.6. The van der Waals surface area contributed by atoms with E-state index in [1.54, 1.807) is 0 Å². The monoisotopic (exact) mass is 541 g/mol. The molecule has 1 aromatic heterocycles. The molecule has 3 aromatic rings. The van der Waals surface area contributed by atoms with Crippen LogP contribution < -0.4 is 16.0 Å². The molecule has 0 saturated carbocycles. The molecule has 0 unspecified atom stereocenters. The molecule has 1 aliphatic heterocycles. The summed E-state index contributed by atoms with van der Waals surface area (Å²) in [5.74, 6) is -3.30. The van der Waals surface area contributed by atoms with E-state index in [9.17, 15) is 37.1 Å². The van der Waals surface area contributed by atoms with E-state index in [0.29, 0.717) is 5.69 Å². The minimum absolute atomic E-state index is 0.0227. The lowest BCUT2D eigenvalue weighted by molar-refractivity contribution is -0.257. The van der Waals surface area contributed by atoms with E-state index in [1.807, 2.05) is 0 Å². The molecule has 1 atom stereocenters. The zero-order chi connectivity index (χ0) is 27.0. The van der Waals surface area contributed by atoms with Crippen molar-refractivity contribution in [2.45, 2.75) is 17.8 Å². The molecule has 1 aliphatic rings. The number of urea groups is 1. The molecule has 10 nitrogen and oxygen atoms in total. The number of nitrogens with one attached hydrogen (secondary N) is 3. The summed E-state index contributed by atoms with van der Waals surface area (Å²) in [5, 5.41) is 26.4. The van der Waals surface area contributed by atoms with Crippen molar-refractivity contribution < 1.29 is 42.2 Å². The lowest BCUT2D eigenvalue weighted by atomic mass is 9.91. The molecule has 15 heteroatoms. The second-order valence-corrected chi connectivity index (χ2v) is 9.28. The molecule has 0 bridgehead atoms. The number of hydrogen-bond donors (Lipinski definition) is 5. The van der Waals surface area contributed by atoms with E-state index in [-0.39, 0.29) is 35.0 Å². The van der Waals surface area contributed by atoms with Gasteiger partial charge < -0.3 is 20.8 Å². The van der Waals surface area contributed by atoms with E-state index in [1.165, 1.54) is 23.1 Å². The van der Waals surface area contributed by atoms with Gasteiger partial charge in [-0.3, -0.25) is 19.8 Å². The highest BCUT2D eigenvalue weighted by molar-refractivity contribution is 7.22. The van der Waals surface area contributed by atoms with E-state index in [4.69, 9.17) is 5.11 Å². The molecular weight excluding hydrogens is 522 g/mol. The molecule has 37 heavy (non-hydrogen) atoms. The van der Waals surface area contributed by atoms with Crippen LogP contribution in [-0.2, 0) is 15.2 Å². The van der Waals surface area contributed by atoms with Gasteiger partial charge >= 0.3 is 18.2 Å². The number of carbonyl (C=O) groups is 3. The number of hydrogen-bond acceptors (Lipinski definition) is 7. The molecule has 2 aromatic carbocycles. The summed E-state index contributed by atoms with van der Waals surface area (Å²) in [6, 6.07) is 6.50. The van der Waals surface area contributed by atoms with Crippen LogP contribution in [0.15, 0.2) is 42.5 Å². The van der Waals surface area contributed by atoms with Gasteiger partial charge in [-0.25, -0.2) is 14.2 Å². The number of alkyl halides is 3. The first-order valence-corrected chi connectivity index (χ1v) is 11.5. The Morgan fingerprint density at radius 3 is 2.38 bits per heavy atom. The minimum Gasteiger partial charge on any atom is -0.480 e. The third-order valence-corrected chi connectivity index (χ3v) is 6.45. The highest BCUT2D eigenvalue weighted by Gasteiger charge is 2.61. The topological polar surface area (TPSA) is 144 Å². The highest BCUT2D eigenvalue weighted by atomic mass is 32.1. The minimum atomic E-state index is -5.38. The Hall–Kier alpha value is -3.82. The smallest absolute Gasteiger partial charge is 0.430 e. The van der Waals surface area contributed by atoms with Gasteiger partial charge in [0.15, 0.2) is 5.13 Å². The number of benzene rings is 2. The lowest BCUT2D eigenvalue weighted by Gasteiger charge is -2.40. The number of likely N-dealkylation sites (tertiary alicyclic amines) is 1. The summed E-state index contributed by atoms with van der Waals surface area (Å²) in [7, 11) is 0. The van der Waals surface area contributed by atoms with Gasteiger partial charge in [0.2, 0.25) is 0 Å². The number of aliphatic carboxylic acids is 1. The average molecular weight is 541 g/mol. The van der Waals surface area contributed by atoms with Gasteiger partial charge in [-0.15, -0.1) is 0 Å².